The maximum atomic E-state index is 12.5. The molecule has 1 unspecified atom stereocenters. The second kappa shape index (κ2) is 5.39. The lowest BCUT2D eigenvalue weighted by molar-refractivity contribution is -0.147. The molecule has 0 spiro atoms. The lowest BCUT2D eigenvalue weighted by atomic mass is 9.82. The minimum Gasteiger partial charge on any atom is -0.507 e. The van der Waals surface area contributed by atoms with E-state index in [2.05, 4.69) is 0 Å². The van der Waals surface area contributed by atoms with E-state index in [4.69, 9.17) is 4.74 Å². The third-order valence-electron chi connectivity index (χ3n) is 4.58. The summed E-state index contributed by atoms with van der Waals surface area (Å²) in [5.74, 6) is -0.214. The zero-order chi connectivity index (χ0) is 16.8. The molecule has 2 aromatic carbocycles. The normalized spacial score (nSPS) is 19.6. The van der Waals surface area contributed by atoms with E-state index in [1.54, 1.807) is 31.2 Å². The van der Waals surface area contributed by atoms with Crippen LogP contribution in [0.3, 0.4) is 0 Å². The van der Waals surface area contributed by atoms with Crippen molar-refractivity contribution in [2.45, 2.75) is 39.2 Å². The Hall–Kier alpha value is -2.33. The summed E-state index contributed by atoms with van der Waals surface area (Å²) in [5.41, 5.74) is 0.885. The number of benzene rings is 2. The van der Waals surface area contributed by atoms with Crippen molar-refractivity contribution >= 4 is 5.97 Å². The number of fused-ring (bicyclic) bond motifs is 1. The van der Waals surface area contributed by atoms with Crippen LogP contribution in [0.15, 0.2) is 30.3 Å². The number of carbonyl (C=O) groups excluding carboxylic acids is 1. The van der Waals surface area contributed by atoms with E-state index in [9.17, 15) is 15.0 Å². The monoisotopic (exact) mass is 312 g/mol. The Morgan fingerprint density at radius 2 is 1.78 bits per heavy atom. The van der Waals surface area contributed by atoms with Gasteiger partial charge in [0.1, 0.15) is 11.5 Å². The van der Waals surface area contributed by atoms with Crippen LogP contribution in [0.25, 0.3) is 0 Å². The quantitative estimate of drug-likeness (QED) is 0.675. The molecule has 0 aromatic heterocycles. The Kier molecular flexibility index (Phi) is 3.65. The van der Waals surface area contributed by atoms with Crippen LogP contribution in [-0.2, 0) is 16.8 Å². The lowest BCUT2D eigenvalue weighted by Crippen LogP contribution is -2.35. The smallest absolute Gasteiger partial charge is 0.353 e. The van der Waals surface area contributed by atoms with Crippen molar-refractivity contribution in [3.8, 4) is 11.5 Å². The van der Waals surface area contributed by atoms with E-state index in [0.717, 1.165) is 12.0 Å². The third kappa shape index (κ3) is 2.05. The van der Waals surface area contributed by atoms with Crippen LogP contribution in [0.1, 0.15) is 41.2 Å². The van der Waals surface area contributed by atoms with Crippen molar-refractivity contribution < 1.29 is 19.7 Å². The molecule has 1 aliphatic heterocycles. The SMILES string of the molecule is CCCc1c(C)c2c(c(C)c1O)C(O)(c1ccccc1)C(=O)O2. The van der Waals surface area contributed by atoms with Crippen LogP contribution in [0, 0.1) is 13.8 Å². The fourth-order valence-corrected chi connectivity index (χ4v) is 3.35. The number of phenolic OH excluding ortho intramolecular Hbond substituents is 1. The van der Waals surface area contributed by atoms with Gasteiger partial charge in [-0.1, -0.05) is 43.7 Å². The van der Waals surface area contributed by atoms with Gasteiger partial charge in [-0.2, -0.15) is 0 Å². The van der Waals surface area contributed by atoms with Crippen LogP contribution in [0.2, 0.25) is 0 Å². The Balaban J connectivity index is 2.32. The zero-order valence-corrected chi connectivity index (χ0v) is 13.5. The predicted octanol–water partition coefficient (Wildman–Crippen LogP) is 3.12. The summed E-state index contributed by atoms with van der Waals surface area (Å²) in [6.45, 7) is 5.55. The second-order valence-corrected chi connectivity index (χ2v) is 6.00. The molecule has 4 heteroatoms. The van der Waals surface area contributed by atoms with Crippen LogP contribution in [0.4, 0.5) is 0 Å². The minimum atomic E-state index is -1.88. The standard InChI is InChI=1S/C19H20O4/c1-4-8-14-11(2)17-15(12(3)16(14)20)19(22,18(21)23-17)13-9-6-5-7-10-13/h5-7,9-10,20,22H,4,8H2,1-3H3. The second-order valence-electron chi connectivity index (χ2n) is 6.00. The summed E-state index contributed by atoms with van der Waals surface area (Å²) in [4.78, 5) is 12.5. The molecule has 4 nitrogen and oxygen atoms in total. The Bertz CT molecular complexity index is 780. The van der Waals surface area contributed by atoms with Gasteiger partial charge in [0.25, 0.3) is 0 Å². The minimum absolute atomic E-state index is 0.135. The molecule has 2 aromatic rings. The van der Waals surface area contributed by atoms with Crippen molar-refractivity contribution in [1.29, 1.82) is 0 Å². The maximum absolute atomic E-state index is 12.5. The average molecular weight is 312 g/mol. The summed E-state index contributed by atoms with van der Waals surface area (Å²) in [7, 11) is 0. The number of hydrogen-bond acceptors (Lipinski definition) is 4. The molecule has 120 valence electrons. The van der Waals surface area contributed by atoms with Gasteiger partial charge in [0, 0.05) is 16.7 Å². The summed E-state index contributed by atoms with van der Waals surface area (Å²) in [6, 6.07) is 8.69. The summed E-state index contributed by atoms with van der Waals surface area (Å²) >= 11 is 0. The molecule has 0 radical (unpaired) electrons. The molecule has 1 heterocycles. The molecule has 0 saturated heterocycles. The van der Waals surface area contributed by atoms with Gasteiger partial charge in [0.05, 0.1) is 0 Å². The average Bonchev–Trinajstić information content (AvgIpc) is 2.83. The molecule has 1 atom stereocenters. The Morgan fingerprint density at radius 1 is 1.13 bits per heavy atom. The molecular formula is C19H20O4. The van der Waals surface area contributed by atoms with Crippen molar-refractivity contribution in [1.82, 2.24) is 0 Å². The number of rotatable bonds is 3. The van der Waals surface area contributed by atoms with Crippen LogP contribution in [0.5, 0.6) is 11.5 Å². The number of hydrogen-bond donors (Lipinski definition) is 2. The highest BCUT2D eigenvalue weighted by Gasteiger charge is 2.52. The van der Waals surface area contributed by atoms with Gasteiger partial charge in [-0.15, -0.1) is 0 Å². The van der Waals surface area contributed by atoms with Crippen LogP contribution >= 0.6 is 0 Å². The van der Waals surface area contributed by atoms with Gasteiger partial charge in [0.15, 0.2) is 0 Å². The first-order chi connectivity index (χ1) is 10.9. The third-order valence-corrected chi connectivity index (χ3v) is 4.58. The van der Waals surface area contributed by atoms with Gasteiger partial charge in [0.2, 0.25) is 5.60 Å². The summed E-state index contributed by atoms with van der Waals surface area (Å²) in [6.07, 6.45) is 1.55. The highest BCUT2D eigenvalue weighted by Crippen LogP contribution is 2.50. The van der Waals surface area contributed by atoms with E-state index in [1.165, 1.54) is 0 Å². The highest BCUT2D eigenvalue weighted by atomic mass is 16.6. The fourth-order valence-electron chi connectivity index (χ4n) is 3.35. The number of aliphatic hydroxyl groups is 1. The van der Waals surface area contributed by atoms with Gasteiger partial charge >= 0.3 is 5.97 Å². The molecular weight excluding hydrogens is 292 g/mol. The molecule has 23 heavy (non-hydrogen) atoms. The first-order valence-corrected chi connectivity index (χ1v) is 7.78. The molecule has 0 fully saturated rings. The maximum Gasteiger partial charge on any atom is 0.353 e. The van der Waals surface area contributed by atoms with Crippen molar-refractivity contribution in [3.05, 3.63) is 58.1 Å². The van der Waals surface area contributed by atoms with E-state index in [-0.39, 0.29) is 5.75 Å². The molecule has 1 aliphatic rings. The molecule has 0 aliphatic carbocycles. The highest BCUT2D eigenvalue weighted by molar-refractivity contribution is 5.94. The van der Waals surface area contributed by atoms with Crippen molar-refractivity contribution in [2.24, 2.45) is 0 Å². The molecule has 3 rings (SSSR count). The number of esters is 1. The predicted molar refractivity (Wildman–Crippen MR) is 86.7 cm³/mol. The summed E-state index contributed by atoms with van der Waals surface area (Å²) in [5, 5.41) is 21.7. The topological polar surface area (TPSA) is 66.8 Å². The van der Waals surface area contributed by atoms with E-state index in [1.807, 2.05) is 19.9 Å². The Labute approximate surface area is 135 Å². The first kappa shape index (κ1) is 15.6. The Morgan fingerprint density at radius 3 is 2.39 bits per heavy atom. The number of carbonyl (C=O) groups is 1. The largest absolute Gasteiger partial charge is 0.507 e. The lowest BCUT2D eigenvalue weighted by Gasteiger charge is -2.23. The number of phenols is 1. The van der Waals surface area contributed by atoms with E-state index < -0.39 is 11.6 Å². The van der Waals surface area contributed by atoms with Gasteiger partial charge in [-0.25, -0.2) is 4.79 Å². The van der Waals surface area contributed by atoms with Gasteiger partial charge < -0.3 is 14.9 Å². The number of aromatic hydroxyl groups is 1. The molecule has 0 saturated carbocycles. The zero-order valence-electron chi connectivity index (χ0n) is 13.5. The van der Waals surface area contributed by atoms with Crippen molar-refractivity contribution in [3.63, 3.8) is 0 Å². The number of ether oxygens (including phenoxy) is 1. The molecule has 0 amide bonds. The van der Waals surface area contributed by atoms with Gasteiger partial charge in [-0.3, -0.25) is 0 Å². The van der Waals surface area contributed by atoms with E-state index >= 15 is 0 Å². The van der Waals surface area contributed by atoms with E-state index in [0.29, 0.717) is 34.4 Å². The van der Waals surface area contributed by atoms with Crippen LogP contribution in [-0.4, -0.2) is 16.2 Å². The molecule has 2 N–H and O–H groups in total. The fraction of sp³-hybridized carbons (Fsp3) is 0.316. The van der Waals surface area contributed by atoms with Gasteiger partial charge in [-0.05, 0) is 31.4 Å². The molecule has 0 bridgehead atoms. The van der Waals surface area contributed by atoms with Crippen LogP contribution < -0.4 is 4.74 Å². The summed E-state index contributed by atoms with van der Waals surface area (Å²) < 4.78 is 5.43. The van der Waals surface area contributed by atoms with Crippen molar-refractivity contribution in [2.75, 3.05) is 0 Å². The first-order valence-electron chi connectivity index (χ1n) is 7.78.